The molecule has 0 aromatic heterocycles. The molecule has 1 atom stereocenters. The lowest BCUT2D eigenvalue weighted by Gasteiger charge is -2.10. The molecule has 0 saturated heterocycles. The molecule has 0 heterocycles. The van der Waals surface area contributed by atoms with Gasteiger partial charge in [0.15, 0.2) is 0 Å². The van der Waals surface area contributed by atoms with Crippen LogP contribution < -0.4 is 10.6 Å². The summed E-state index contributed by atoms with van der Waals surface area (Å²) < 4.78 is 5.35. The lowest BCUT2D eigenvalue weighted by atomic mass is 10.3. The number of halogens is 1. The molecule has 0 fully saturated rings. The molecule has 1 unspecified atom stereocenters. The number of nitrogens with two attached hydrogens (primary N) is 1. The molecule has 0 aliphatic heterocycles. The van der Waals surface area contributed by atoms with E-state index in [-0.39, 0.29) is 6.10 Å². The fourth-order valence-electron chi connectivity index (χ4n) is 0.784. The highest BCUT2D eigenvalue weighted by molar-refractivity contribution is 6.30. The van der Waals surface area contributed by atoms with Gasteiger partial charge in [-0.05, 0) is 31.2 Å². The molecular formula is C9H12ClNO2. The van der Waals surface area contributed by atoms with Gasteiger partial charge in [-0.2, -0.15) is 0 Å². The Hall–Kier alpha value is -0.770. The summed E-state index contributed by atoms with van der Waals surface area (Å²) >= 11 is 5.70. The van der Waals surface area contributed by atoms with Crippen molar-refractivity contribution >= 4 is 11.6 Å². The van der Waals surface area contributed by atoms with E-state index >= 15 is 0 Å². The van der Waals surface area contributed by atoms with Gasteiger partial charge in [0.1, 0.15) is 18.5 Å². The van der Waals surface area contributed by atoms with E-state index in [2.05, 4.69) is 4.84 Å². The molecule has 0 spiro atoms. The third-order valence-electron chi connectivity index (χ3n) is 1.53. The molecule has 0 amide bonds. The summed E-state index contributed by atoms with van der Waals surface area (Å²) in [4.78, 5) is 4.54. The van der Waals surface area contributed by atoms with Gasteiger partial charge >= 0.3 is 0 Å². The van der Waals surface area contributed by atoms with E-state index in [9.17, 15) is 0 Å². The van der Waals surface area contributed by atoms with Crippen LogP contribution in [0, 0.1) is 0 Å². The second kappa shape index (κ2) is 5.07. The Bertz CT molecular complexity index is 250. The van der Waals surface area contributed by atoms with Gasteiger partial charge in [-0.15, -0.1) is 0 Å². The Balaban J connectivity index is 2.41. The number of ether oxygens (including phenoxy) is 1. The summed E-state index contributed by atoms with van der Waals surface area (Å²) in [5.41, 5.74) is 0. The largest absolute Gasteiger partial charge is 0.491 e. The molecule has 1 aromatic carbocycles. The monoisotopic (exact) mass is 201 g/mol. The van der Waals surface area contributed by atoms with Crippen molar-refractivity contribution in [3.63, 3.8) is 0 Å². The minimum absolute atomic E-state index is 0.115. The van der Waals surface area contributed by atoms with Crippen molar-refractivity contribution in [3.8, 4) is 5.75 Å². The molecule has 72 valence electrons. The molecule has 0 aliphatic rings. The predicted octanol–water partition coefficient (Wildman–Crippen LogP) is 2.00. The quantitative estimate of drug-likeness (QED) is 0.758. The maximum absolute atomic E-state index is 5.70. The molecule has 0 saturated carbocycles. The van der Waals surface area contributed by atoms with Gasteiger partial charge in [0.25, 0.3) is 0 Å². The second-order valence-corrected chi connectivity index (χ2v) is 3.15. The van der Waals surface area contributed by atoms with Gasteiger partial charge in [0, 0.05) is 5.02 Å². The third kappa shape index (κ3) is 3.63. The summed E-state index contributed by atoms with van der Waals surface area (Å²) in [6.45, 7) is 2.26. The lowest BCUT2D eigenvalue weighted by molar-refractivity contribution is 0.0319. The van der Waals surface area contributed by atoms with Crippen LogP contribution in [0.5, 0.6) is 5.75 Å². The summed E-state index contributed by atoms with van der Waals surface area (Å²) in [7, 11) is 0. The molecule has 13 heavy (non-hydrogen) atoms. The molecule has 0 bridgehead atoms. The number of rotatable bonds is 4. The van der Waals surface area contributed by atoms with Crippen LogP contribution in [0.1, 0.15) is 6.92 Å². The Morgan fingerprint density at radius 3 is 2.54 bits per heavy atom. The van der Waals surface area contributed by atoms with Crippen LogP contribution in [0.2, 0.25) is 5.02 Å². The minimum atomic E-state index is -0.115. The molecular weight excluding hydrogens is 190 g/mol. The fourth-order valence-corrected chi connectivity index (χ4v) is 0.910. The normalized spacial score (nSPS) is 12.5. The van der Waals surface area contributed by atoms with E-state index < -0.39 is 0 Å². The van der Waals surface area contributed by atoms with Crippen LogP contribution in [0.3, 0.4) is 0 Å². The first-order valence-corrected chi connectivity index (χ1v) is 4.34. The summed E-state index contributed by atoms with van der Waals surface area (Å²) in [6, 6.07) is 7.13. The van der Waals surface area contributed by atoms with Crippen molar-refractivity contribution in [1.82, 2.24) is 0 Å². The van der Waals surface area contributed by atoms with Crippen LogP contribution in [-0.4, -0.2) is 12.7 Å². The van der Waals surface area contributed by atoms with Crippen molar-refractivity contribution in [3.05, 3.63) is 29.3 Å². The Morgan fingerprint density at radius 1 is 1.38 bits per heavy atom. The lowest BCUT2D eigenvalue weighted by Crippen LogP contribution is -2.21. The maximum atomic E-state index is 5.70. The average molecular weight is 202 g/mol. The maximum Gasteiger partial charge on any atom is 0.119 e. The molecule has 0 radical (unpaired) electrons. The molecule has 4 heteroatoms. The smallest absolute Gasteiger partial charge is 0.119 e. The van der Waals surface area contributed by atoms with E-state index in [1.807, 2.05) is 6.92 Å². The van der Waals surface area contributed by atoms with Gasteiger partial charge in [0.05, 0.1) is 0 Å². The number of benzene rings is 1. The van der Waals surface area contributed by atoms with Gasteiger partial charge in [-0.1, -0.05) is 11.6 Å². The van der Waals surface area contributed by atoms with Crippen LogP contribution >= 0.6 is 11.6 Å². The molecule has 2 N–H and O–H groups in total. The first-order chi connectivity index (χ1) is 6.22. The zero-order valence-electron chi connectivity index (χ0n) is 7.37. The van der Waals surface area contributed by atoms with E-state index in [4.69, 9.17) is 22.2 Å². The molecule has 3 nitrogen and oxygen atoms in total. The highest BCUT2D eigenvalue weighted by Gasteiger charge is 2.00. The topological polar surface area (TPSA) is 44.5 Å². The van der Waals surface area contributed by atoms with Crippen LogP contribution in [0.4, 0.5) is 0 Å². The van der Waals surface area contributed by atoms with Crippen molar-refractivity contribution in [2.75, 3.05) is 6.61 Å². The van der Waals surface area contributed by atoms with Gasteiger partial charge in [0.2, 0.25) is 0 Å². The predicted molar refractivity (Wildman–Crippen MR) is 51.7 cm³/mol. The van der Waals surface area contributed by atoms with Crippen molar-refractivity contribution < 1.29 is 9.57 Å². The Morgan fingerprint density at radius 2 is 2.00 bits per heavy atom. The minimum Gasteiger partial charge on any atom is -0.491 e. The number of hydrogen-bond donors (Lipinski definition) is 1. The Labute approximate surface area is 82.4 Å². The number of hydrogen-bond acceptors (Lipinski definition) is 3. The Kier molecular flexibility index (Phi) is 4.02. The van der Waals surface area contributed by atoms with Crippen LogP contribution in [0.15, 0.2) is 24.3 Å². The van der Waals surface area contributed by atoms with Crippen molar-refractivity contribution in [2.24, 2.45) is 5.90 Å². The SMILES string of the molecule is CC(COc1ccc(Cl)cc1)ON. The first-order valence-electron chi connectivity index (χ1n) is 3.96. The van der Waals surface area contributed by atoms with Crippen LogP contribution in [0.25, 0.3) is 0 Å². The first kappa shape index (κ1) is 10.3. The molecule has 1 rings (SSSR count). The second-order valence-electron chi connectivity index (χ2n) is 2.71. The summed E-state index contributed by atoms with van der Waals surface area (Å²) in [5.74, 6) is 5.72. The highest BCUT2D eigenvalue weighted by Crippen LogP contribution is 2.15. The fraction of sp³-hybridized carbons (Fsp3) is 0.333. The van der Waals surface area contributed by atoms with Crippen molar-refractivity contribution in [1.29, 1.82) is 0 Å². The van der Waals surface area contributed by atoms with Crippen LogP contribution in [-0.2, 0) is 4.84 Å². The average Bonchev–Trinajstić information content (AvgIpc) is 2.16. The zero-order valence-corrected chi connectivity index (χ0v) is 8.12. The van der Waals surface area contributed by atoms with Gasteiger partial charge < -0.3 is 4.74 Å². The molecule has 1 aromatic rings. The van der Waals surface area contributed by atoms with E-state index in [1.165, 1.54) is 0 Å². The standard InChI is InChI=1S/C9H12ClNO2/c1-7(13-11)6-12-9-4-2-8(10)3-5-9/h2-5,7H,6,11H2,1H3. The summed E-state index contributed by atoms with van der Waals surface area (Å²) in [6.07, 6.45) is -0.115. The van der Waals surface area contributed by atoms with E-state index in [0.29, 0.717) is 11.6 Å². The summed E-state index contributed by atoms with van der Waals surface area (Å²) in [5, 5.41) is 0.690. The van der Waals surface area contributed by atoms with Crippen molar-refractivity contribution in [2.45, 2.75) is 13.0 Å². The van der Waals surface area contributed by atoms with Gasteiger partial charge in [-0.3, -0.25) is 4.84 Å². The van der Waals surface area contributed by atoms with Gasteiger partial charge in [-0.25, -0.2) is 5.90 Å². The third-order valence-corrected chi connectivity index (χ3v) is 1.78. The zero-order chi connectivity index (χ0) is 9.68. The highest BCUT2D eigenvalue weighted by atomic mass is 35.5. The molecule has 0 aliphatic carbocycles. The van der Waals surface area contributed by atoms with E-state index in [0.717, 1.165) is 5.75 Å². The van der Waals surface area contributed by atoms with E-state index in [1.54, 1.807) is 24.3 Å².